The maximum absolute atomic E-state index is 12.0. The second-order valence-electron chi connectivity index (χ2n) is 6.63. The van der Waals surface area contributed by atoms with E-state index in [1.807, 2.05) is 48.3 Å². The molecule has 0 bridgehead atoms. The second-order valence-corrected chi connectivity index (χ2v) is 7.07. The summed E-state index contributed by atoms with van der Waals surface area (Å²) in [4.78, 5) is 26.0. The molecule has 0 radical (unpaired) electrons. The number of urea groups is 1. The Labute approximate surface area is 163 Å². The molecule has 0 aromatic heterocycles. The van der Waals surface area contributed by atoms with E-state index in [1.165, 1.54) is 0 Å². The van der Waals surface area contributed by atoms with Crippen LogP contribution < -0.4 is 16.0 Å². The third-order valence-corrected chi connectivity index (χ3v) is 4.89. The molecule has 6 nitrogen and oxygen atoms in total. The minimum absolute atomic E-state index is 0.00437. The number of nitrogens with zero attached hydrogens (tertiary/aromatic N) is 1. The topological polar surface area (TPSA) is 73.5 Å². The lowest BCUT2D eigenvalue weighted by atomic mass is 10.0. The van der Waals surface area contributed by atoms with E-state index in [0.717, 1.165) is 24.1 Å². The van der Waals surface area contributed by atoms with Crippen molar-refractivity contribution in [2.24, 2.45) is 0 Å². The van der Waals surface area contributed by atoms with Crippen molar-refractivity contribution in [2.45, 2.75) is 25.6 Å². The molecular formula is C20H23ClN4O2. The molecule has 142 valence electrons. The van der Waals surface area contributed by atoms with E-state index >= 15 is 0 Å². The van der Waals surface area contributed by atoms with E-state index < -0.39 is 0 Å². The molecule has 1 heterocycles. The normalized spacial score (nSPS) is 16.3. The van der Waals surface area contributed by atoms with Crippen molar-refractivity contribution >= 4 is 29.2 Å². The van der Waals surface area contributed by atoms with E-state index in [0.29, 0.717) is 23.8 Å². The van der Waals surface area contributed by atoms with Gasteiger partial charge < -0.3 is 16.0 Å². The second kappa shape index (κ2) is 8.88. The first-order valence-electron chi connectivity index (χ1n) is 8.87. The average molecular weight is 387 g/mol. The Kier molecular flexibility index (Phi) is 6.32. The van der Waals surface area contributed by atoms with E-state index in [9.17, 15) is 9.59 Å². The van der Waals surface area contributed by atoms with Gasteiger partial charge in [0.2, 0.25) is 5.91 Å². The molecule has 3 N–H and O–H groups in total. The van der Waals surface area contributed by atoms with E-state index in [-0.39, 0.29) is 18.0 Å². The van der Waals surface area contributed by atoms with Crippen LogP contribution in [0.15, 0.2) is 48.5 Å². The molecule has 7 heteroatoms. The summed E-state index contributed by atoms with van der Waals surface area (Å²) in [7, 11) is 1.95. The molecule has 2 aromatic rings. The van der Waals surface area contributed by atoms with Gasteiger partial charge >= 0.3 is 6.03 Å². The molecule has 1 unspecified atom stereocenters. The van der Waals surface area contributed by atoms with Crippen molar-refractivity contribution in [3.8, 4) is 0 Å². The molecule has 1 atom stereocenters. The summed E-state index contributed by atoms with van der Waals surface area (Å²) in [6.07, 6.45) is 0.913. The quantitative estimate of drug-likeness (QED) is 0.714. The van der Waals surface area contributed by atoms with Crippen molar-refractivity contribution < 1.29 is 9.59 Å². The molecule has 3 amide bonds. The Morgan fingerprint density at radius 1 is 1.00 bits per heavy atom. The Morgan fingerprint density at radius 2 is 1.59 bits per heavy atom. The maximum Gasteiger partial charge on any atom is 0.319 e. The number of halogens is 1. The lowest BCUT2D eigenvalue weighted by Crippen LogP contribution is -2.53. The maximum atomic E-state index is 12.0. The third kappa shape index (κ3) is 5.45. The van der Waals surface area contributed by atoms with Gasteiger partial charge in [-0.15, -0.1) is 0 Å². The van der Waals surface area contributed by atoms with Crippen molar-refractivity contribution in [1.82, 2.24) is 15.5 Å². The molecule has 1 fully saturated rings. The summed E-state index contributed by atoms with van der Waals surface area (Å²) in [5.74, 6) is 0.0625. The Hall–Kier alpha value is -2.57. The minimum atomic E-state index is -0.279. The molecule has 0 aliphatic carbocycles. The number of nitrogens with one attached hydrogen (secondary N) is 3. The minimum Gasteiger partial charge on any atom is -0.351 e. The van der Waals surface area contributed by atoms with Crippen LogP contribution in [0.25, 0.3) is 0 Å². The summed E-state index contributed by atoms with van der Waals surface area (Å²) in [6.45, 7) is 1.87. The van der Waals surface area contributed by atoms with Gasteiger partial charge in [-0.2, -0.15) is 0 Å². The number of likely N-dealkylation sites (tertiary alicyclic amines) is 1. The number of carbonyl (C=O) groups excluding carboxylic acids is 2. The summed E-state index contributed by atoms with van der Waals surface area (Å²) < 4.78 is 0. The van der Waals surface area contributed by atoms with Gasteiger partial charge in [-0.05, 0) is 48.9 Å². The number of amides is 3. The largest absolute Gasteiger partial charge is 0.351 e. The third-order valence-electron chi connectivity index (χ3n) is 4.63. The van der Waals surface area contributed by atoms with Gasteiger partial charge in [0, 0.05) is 30.3 Å². The number of carbonyl (C=O) groups is 2. The Bertz CT molecular complexity index is 793. The lowest BCUT2D eigenvalue weighted by molar-refractivity contribution is -0.129. The molecule has 2 aromatic carbocycles. The highest BCUT2D eigenvalue weighted by molar-refractivity contribution is 6.30. The van der Waals surface area contributed by atoms with Gasteiger partial charge in [-0.25, -0.2) is 4.79 Å². The smallest absolute Gasteiger partial charge is 0.319 e. The van der Waals surface area contributed by atoms with Crippen LogP contribution in [0.2, 0.25) is 5.02 Å². The van der Waals surface area contributed by atoms with Crippen LogP contribution >= 0.6 is 11.6 Å². The number of anilines is 1. The predicted molar refractivity (Wildman–Crippen MR) is 107 cm³/mol. The average Bonchev–Trinajstić information content (AvgIpc) is 2.66. The standard InChI is InChI=1S/C20H23ClN4O2/c1-25-11-10-18(25)19(26)22-12-15-4-8-17(9-5-15)24-20(27)23-13-14-2-6-16(21)7-3-14/h2-9,18H,10-13H2,1H3,(H,22,26)(H2,23,24,27). The highest BCUT2D eigenvalue weighted by Gasteiger charge is 2.30. The molecule has 27 heavy (non-hydrogen) atoms. The number of rotatable bonds is 6. The molecule has 0 saturated carbocycles. The van der Waals surface area contributed by atoms with Crippen molar-refractivity contribution in [3.63, 3.8) is 0 Å². The van der Waals surface area contributed by atoms with E-state index in [2.05, 4.69) is 16.0 Å². The van der Waals surface area contributed by atoms with Gasteiger partial charge in [0.1, 0.15) is 0 Å². The van der Waals surface area contributed by atoms with Gasteiger partial charge in [0.25, 0.3) is 0 Å². The van der Waals surface area contributed by atoms with Gasteiger partial charge in [0.05, 0.1) is 6.04 Å². The lowest BCUT2D eigenvalue weighted by Gasteiger charge is -2.36. The summed E-state index contributed by atoms with van der Waals surface area (Å²) in [5, 5.41) is 9.19. The zero-order valence-corrected chi connectivity index (χ0v) is 15.9. The van der Waals surface area contributed by atoms with Crippen LogP contribution in [0.5, 0.6) is 0 Å². The number of benzene rings is 2. The fourth-order valence-electron chi connectivity index (χ4n) is 2.82. The molecule has 0 spiro atoms. The van der Waals surface area contributed by atoms with Crippen molar-refractivity contribution in [2.75, 3.05) is 18.9 Å². The molecular weight excluding hydrogens is 364 g/mol. The van der Waals surface area contributed by atoms with Gasteiger partial charge in [0.15, 0.2) is 0 Å². The molecule has 1 aliphatic rings. The predicted octanol–water partition coefficient (Wildman–Crippen LogP) is 2.98. The summed E-state index contributed by atoms with van der Waals surface area (Å²) in [6, 6.07) is 14.4. The van der Waals surface area contributed by atoms with Crippen LogP contribution in [0, 0.1) is 0 Å². The fraction of sp³-hybridized carbons (Fsp3) is 0.300. The first kappa shape index (κ1) is 19.2. The highest BCUT2D eigenvalue weighted by Crippen LogP contribution is 2.15. The monoisotopic (exact) mass is 386 g/mol. The molecule has 1 aliphatic heterocycles. The zero-order valence-electron chi connectivity index (χ0n) is 15.2. The van der Waals surface area contributed by atoms with Gasteiger partial charge in [-0.3, -0.25) is 9.69 Å². The van der Waals surface area contributed by atoms with Crippen LogP contribution in [0.4, 0.5) is 10.5 Å². The summed E-state index contributed by atoms with van der Waals surface area (Å²) in [5.41, 5.74) is 2.65. The van der Waals surface area contributed by atoms with Crippen LogP contribution in [0.3, 0.4) is 0 Å². The van der Waals surface area contributed by atoms with Crippen molar-refractivity contribution in [3.05, 3.63) is 64.7 Å². The molecule has 1 saturated heterocycles. The SMILES string of the molecule is CN1CCC1C(=O)NCc1ccc(NC(=O)NCc2ccc(Cl)cc2)cc1. The molecule has 3 rings (SSSR count). The Balaban J connectivity index is 1.42. The first-order valence-corrected chi connectivity index (χ1v) is 9.25. The van der Waals surface area contributed by atoms with Crippen LogP contribution in [-0.2, 0) is 17.9 Å². The number of hydrogen-bond acceptors (Lipinski definition) is 3. The van der Waals surface area contributed by atoms with E-state index in [4.69, 9.17) is 11.6 Å². The number of hydrogen-bond donors (Lipinski definition) is 3. The number of likely N-dealkylation sites (N-methyl/N-ethyl adjacent to an activating group) is 1. The van der Waals surface area contributed by atoms with Gasteiger partial charge in [-0.1, -0.05) is 35.9 Å². The van der Waals surface area contributed by atoms with Crippen LogP contribution in [-0.4, -0.2) is 36.5 Å². The fourth-order valence-corrected chi connectivity index (χ4v) is 2.95. The van der Waals surface area contributed by atoms with Crippen molar-refractivity contribution in [1.29, 1.82) is 0 Å². The highest BCUT2D eigenvalue weighted by atomic mass is 35.5. The summed E-state index contributed by atoms with van der Waals surface area (Å²) >= 11 is 5.84. The first-order chi connectivity index (χ1) is 13.0. The van der Waals surface area contributed by atoms with Crippen LogP contribution in [0.1, 0.15) is 17.5 Å². The van der Waals surface area contributed by atoms with E-state index in [1.54, 1.807) is 12.1 Å². The Morgan fingerprint density at radius 3 is 2.15 bits per heavy atom. The zero-order chi connectivity index (χ0) is 19.2.